The summed E-state index contributed by atoms with van der Waals surface area (Å²) in [5.74, 6) is 0.426. The van der Waals surface area contributed by atoms with Crippen molar-refractivity contribution in [1.29, 1.82) is 0 Å². The van der Waals surface area contributed by atoms with Crippen molar-refractivity contribution in [2.75, 3.05) is 32.7 Å². The van der Waals surface area contributed by atoms with E-state index in [4.69, 9.17) is 5.53 Å². The van der Waals surface area contributed by atoms with Crippen LogP contribution in [-0.2, 0) is 4.79 Å². The van der Waals surface area contributed by atoms with Crippen LogP contribution in [0.15, 0.2) is 5.11 Å². The normalized spacial score (nSPS) is 27.6. The van der Waals surface area contributed by atoms with E-state index in [-0.39, 0.29) is 11.8 Å². The second-order valence-corrected chi connectivity index (χ2v) is 5.92. The van der Waals surface area contributed by atoms with Crippen LogP contribution in [0.4, 0.5) is 0 Å². The van der Waals surface area contributed by atoms with Crippen molar-refractivity contribution in [3.05, 3.63) is 10.4 Å². The molecular weight excluding hydrogens is 254 g/mol. The molecule has 0 aromatic carbocycles. The summed E-state index contributed by atoms with van der Waals surface area (Å²) in [4.78, 5) is 19.2. The van der Waals surface area contributed by atoms with Crippen LogP contribution in [0, 0.1) is 5.92 Å². The zero-order valence-corrected chi connectivity index (χ0v) is 12.4. The first-order chi connectivity index (χ1) is 9.74. The molecule has 2 saturated heterocycles. The van der Waals surface area contributed by atoms with Gasteiger partial charge in [0.2, 0.25) is 5.91 Å². The average molecular weight is 279 g/mol. The standard InChI is InChI=1S/C14H25N5O/c1-2-13-5-3-4-6-18(13)7-8-19-11-12(9-14(19)20)10-16-17-15/h12-13H,2-11H2,1H3. The lowest BCUT2D eigenvalue weighted by molar-refractivity contribution is -0.128. The predicted molar refractivity (Wildman–Crippen MR) is 78.2 cm³/mol. The Labute approximate surface area is 120 Å². The second-order valence-electron chi connectivity index (χ2n) is 5.92. The van der Waals surface area contributed by atoms with Gasteiger partial charge in [0, 0.05) is 43.6 Å². The fourth-order valence-corrected chi connectivity index (χ4v) is 3.41. The number of hydrogen-bond donors (Lipinski definition) is 0. The lowest BCUT2D eigenvalue weighted by Gasteiger charge is -2.36. The van der Waals surface area contributed by atoms with Crippen LogP contribution in [-0.4, -0.2) is 54.5 Å². The van der Waals surface area contributed by atoms with Gasteiger partial charge in [-0.3, -0.25) is 9.69 Å². The third-order valence-corrected chi connectivity index (χ3v) is 4.58. The largest absolute Gasteiger partial charge is 0.341 e. The summed E-state index contributed by atoms with van der Waals surface area (Å²) in [6, 6.07) is 0.695. The van der Waals surface area contributed by atoms with Gasteiger partial charge in [0.25, 0.3) is 0 Å². The van der Waals surface area contributed by atoms with Crippen LogP contribution in [0.1, 0.15) is 39.0 Å². The van der Waals surface area contributed by atoms with Gasteiger partial charge < -0.3 is 4.90 Å². The third-order valence-electron chi connectivity index (χ3n) is 4.58. The molecule has 0 aromatic rings. The Morgan fingerprint density at radius 3 is 3.00 bits per heavy atom. The highest BCUT2D eigenvalue weighted by Crippen LogP contribution is 2.21. The average Bonchev–Trinajstić information content (AvgIpc) is 2.83. The van der Waals surface area contributed by atoms with Crippen LogP contribution in [0.25, 0.3) is 10.4 Å². The highest BCUT2D eigenvalue weighted by Gasteiger charge is 2.29. The number of nitrogens with zero attached hydrogens (tertiary/aromatic N) is 5. The summed E-state index contributed by atoms with van der Waals surface area (Å²) in [6.45, 7) is 6.42. The van der Waals surface area contributed by atoms with E-state index < -0.39 is 0 Å². The number of rotatable bonds is 6. The first kappa shape index (κ1) is 15.1. The van der Waals surface area contributed by atoms with Gasteiger partial charge in [-0.1, -0.05) is 18.5 Å². The zero-order chi connectivity index (χ0) is 14.4. The topological polar surface area (TPSA) is 72.3 Å². The van der Waals surface area contributed by atoms with Crippen molar-refractivity contribution in [2.45, 2.75) is 45.1 Å². The van der Waals surface area contributed by atoms with Crippen LogP contribution in [0.5, 0.6) is 0 Å². The molecule has 6 heteroatoms. The Morgan fingerprint density at radius 2 is 2.25 bits per heavy atom. The summed E-state index contributed by atoms with van der Waals surface area (Å²) in [5.41, 5.74) is 8.34. The maximum Gasteiger partial charge on any atom is 0.222 e. The summed E-state index contributed by atoms with van der Waals surface area (Å²) in [5, 5.41) is 3.59. The smallest absolute Gasteiger partial charge is 0.222 e. The monoisotopic (exact) mass is 279 g/mol. The molecule has 2 atom stereocenters. The van der Waals surface area contributed by atoms with Crippen LogP contribution in [0.2, 0.25) is 0 Å². The Morgan fingerprint density at radius 1 is 1.40 bits per heavy atom. The number of carbonyl (C=O) groups is 1. The molecule has 0 spiro atoms. The highest BCUT2D eigenvalue weighted by molar-refractivity contribution is 5.78. The number of azide groups is 1. The number of carbonyl (C=O) groups excluding carboxylic acids is 1. The zero-order valence-electron chi connectivity index (χ0n) is 12.4. The van der Waals surface area contributed by atoms with Gasteiger partial charge in [-0.05, 0) is 37.3 Å². The van der Waals surface area contributed by atoms with Crippen LogP contribution >= 0.6 is 0 Å². The van der Waals surface area contributed by atoms with Gasteiger partial charge in [0.05, 0.1) is 0 Å². The predicted octanol–water partition coefficient (Wildman–Crippen LogP) is 2.41. The molecule has 0 radical (unpaired) electrons. The Balaban J connectivity index is 1.78. The summed E-state index contributed by atoms with van der Waals surface area (Å²) >= 11 is 0. The fourth-order valence-electron chi connectivity index (χ4n) is 3.41. The molecule has 0 N–H and O–H groups in total. The quantitative estimate of drug-likeness (QED) is 0.425. The molecular formula is C14H25N5O. The van der Waals surface area contributed by atoms with Gasteiger partial charge in [0.1, 0.15) is 0 Å². The van der Waals surface area contributed by atoms with Crippen molar-refractivity contribution >= 4 is 5.91 Å². The highest BCUT2D eigenvalue weighted by atomic mass is 16.2. The van der Waals surface area contributed by atoms with Crippen molar-refractivity contribution in [1.82, 2.24) is 9.80 Å². The van der Waals surface area contributed by atoms with Crippen molar-refractivity contribution in [2.24, 2.45) is 11.0 Å². The van der Waals surface area contributed by atoms with Crippen LogP contribution in [0.3, 0.4) is 0 Å². The van der Waals surface area contributed by atoms with E-state index >= 15 is 0 Å². The lowest BCUT2D eigenvalue weighted by Crippen LogP contribution is -2.44. The van der Waals surface area contributed by atoms with Crippen molar-refractivity contribution in [3.8, 4) is 0 Å². The van der Waals surface area contributed by atoms with E-state index in [1.54, 1.807) is 0 Å². The molecule has 2 fully saturated rings. The SMILES string of the molecule is CCC1CCCCN1CCN1CC(CN=[N+]=[N-])CC1=O. The molecule has 1 amide bonds. The molecule has 112 valence electrons. The molecule has 0 aromatic heterocycles. The fraction of sp³-hybridized carbons (Fsp3) is 0.929. The Kier molecular flexibility index (Phi) is 5.68. The summed E-state index contributed by atoms with van der Waals surface area (Å²) in [6.07, 6.45) is 5.66. The first-order valence-electron chi connectivity index (χ1n) is 7.77. The molecule has 2 rings (SSSR count). The molecule has 2 unspecified atom stereocenters. The Bertz CT molecular complexity index is 380. The molecule has 0 saturated carbocycles. The number of amides is 1. The van der Waals surface area contributed by atoms with Crippen molar-refractivity contribution < 1.29 is 4.79 Å². The number of likely N-dealkylation sites (tertiary alicyclic amines) is 2. The van der Waals surface area contributed by atoms with E-state index in [2.05, 4.69) is 21.8 Å². The van der Waals surface area contributed by atoms with E-state index in [9.17, 15) is 4.79 Å². The maximum atomic E-state index is 11.9. The summed E-state index contributed by atoms with van der Waals surface area (Å²) in [7, 11) is 0. The minimum Gasteiger partial charge on any atom is -0.341 e. The minimum atomic E-state index is 0.210. The third kappa shape index (κ3) is 3.87. The molecule has 0 bridgehead atoms. The van der Waals surface area contributed by atoms with Gasteiger partial charge in [-0.15, -0.1) is 0 Å². The van der Waals surface area contributed by atoms with Crippen molar-refractivity contribution in [3.63, 3.8) is 0 Å². The Hall–Kier alpha value is -1.26. The van der Waals surface area contributed by atoms with E-state index in [0.717, 1.165) is 19.6 Å². The molecule has 2 aliphatic heterocycles. The van der Waals surface area contributed by atoms with E-state index in [0.29, 0.717) is 19.0 Å². The molecule has 6 nitrogen and oxygen atoms in total. The lowest BCUT2D eigenvalue weighted by atomic mass is 10.0. The maximum absolute atomic E-state index is 11.9. The molecule has 20 heavy (non-hydrogen) atoms. The second kappa shape index (κ2) is 7.50. The first-order valence-corrected chi connectivity index (χ1v) is 7.77. The molecule has 2 heterocycles. The minimum absolute atomic E-state index is 0.210. The number of piperidine rings is 1. The van der Waals surface area contributed by atoms with Crippen LogP contribution < -0.4 is 0 Å². The van der Waals surface area contributed by atoms with E-state index in [1.165, 1.54) is 32.2 Å². The summed E-state index contributed by atoms with van der Waals surface area (Å²) < 4.78 is 0. The number of hydrogen-bond acceptors (Lipinski definition) is 3. The van der Waals surface area contributed by atoms with Gasteiger partial charge >= 0.3 is 0 Å². The molecule has 0 aliphatic carbocycles. The molecule has 2 aliphatic rings. The van der Waals surface area contributed by atoms with E-state index in [1.807, 2.05) is 4.90 Å². The van der Waals surface area contributed by atoms with Gasteiger partial charge in [0.15, 0.2) is 0 Å². The van der Waals surface area contributed by atoms with Gasteiger partial charge in [-0.25, -0.2) is 0 Å². The van der Waals surface area contributed by atoms with Gasteiger partial charge in [-0.2, -0.15) is 0 Å².